The zero-order valence-electron chi connectivity index (χ0n) is 21.0. The summed E-state index contributed by atoms with van der Waals surface area (Å²) in [4.78, 5) is 29.1. The van der Waals surface area contributed by atoms with E-state index in [1.165, 1.54) is 0 Å². The summed E-state index contributed by atoms with van der Waals surface area (Å²) >= 11 is 12.3. The van der Waals surface area contributed by atoms with Gasteiger partial charge in [-0.1, -0.05) is 90.6 Å². The highest BCUT2D eigenvalue weighted by Gasteiger charge is 2.32. The third-order valence-electron chi connectivity index (χ3n) is 6.82. The number of benzene rings is 3. The molecular weight excluding hydrogens is 507 g/mol. The molecule has 1 atom stereocenters. The highest BCUT2D eigenvalue weighted by atomic mass is 35.5. The van der Waals surface area contributed by atoms with E-state index in [1.807, 2.05) is 61.5 Å². The average molecular weight is 540 g/mol. The molecular formula is C30H32Cl2N2O3. The molecule has 1 aliphatic carbocycles. The van der Waals surface area contributed by atoms with Gasteiger partial charge in [0.15, 0.2) is 6.61 Å². The molecule has 7 heteroatoms. The van der Waals surface area contributed by atoms with Gasteiger partial charge in [0.25, 0.3) is 5.91 Å². The van der Waals surface area contributed by atoms with Crippen molar-refractivity contribution in [3.63, 3.8) is 0 Å². The maximum Gasteiger partial charge on any atom is 0.261 e. The third-order valence-corrected chi connectivity index (χ3v) is 7.35. The van der Waals surface area contributed by atoms with Crippen LogP contribution in [0.4, 0.5) is 0 Å². The summed E-state index contributed by atoms with van der Waals surface area (Å²) < 4.78 is 5.80. The number of aryl methyl sites for hydroxylation is 1. The highest BCUT2D eigenvalue weighted by Crippen LogP contribution is 2.28. The maximum absolute atomic E-state index is 13.7. The summed E-state index contributed by atoms with van der Waals surface area (Å²) in [5.74, 6) is -0.0655. The Morgan fingerprint density at radius 3 is 2.41 bits per heavy atom. The molecule has 0 aromatic heterocycles. The van der Waals surface area contributed by atoms with Gasteiger partial charge in [0.2, 0.25) is 5.91 Å². The Hall–Kier alpha value is -3.02. The van der Waals surface area contributed by atoms with Gasteiger partial charge in [-0.3, -0.25) is 9.59 Å². The van der Waals surface area contributed by atoms with Crippen molar-refractivity contribution in [3.05, 3.63) is 99.5 Å². The number of carbonyl (C=O) groups is 2. The Morgan fingerprint density at radius 2 is 1.70 bits per heavy atom. The van der Waals surface area contributed by atoms with Crippen molar-refractivity contribution >= 4 is 35.0 Å². The first-order valence-corrected chi connectivity index (χ1v) is 13.4. The molecule has 1 fully saturated rings. The van der Waals surface area contributed by atoms with Gasteiger partial charge in [0.1, 0.15) is 11.8 Å². The number of rotatable bonds is 10. The molecule has 0 radical (unpaired) electrons. The number of nitrogens with zero attached hydrogens (tertiary/aromatic N) is 1. The molecule has 0 aliphatic heterocycles. The number of ether oxygens (including phenoxy) is 1. The molecule has 0 saturated heterocycles. The van der Waals surface area contributed by atoms with Crippen molar-refractivity contribution in [2.45, 2.75) is 57.7 Å². The van der Waals surface area contributed by atoms with E-state index in [0.717, 1.165) is 42.4 Å². The van der Waals surface area contributed by atoms with Crippen LogP contribution in [0.1, 0.15) is 42.4 Å². The van der Waals surface area contributed by atoms with E-state index in [4.69, 9.17) is 27.9 Å². The van der Waals surface area contributed by atoms with Crippen molar-refractivity contribution < 1.29 is 14.3 Å². The predicted octanol–water partition coefficient (Wildman–Crippen LogP) is 6.38. The van der Waals surface area contributed by atoms with Crippen molar-refractivity contribution in [1.82, 2.24) is 10.2 Å². The molecule has 1 aliphatic rings. The number of amides is 2. The van der Waals surface area contributed by atoms with Crippen molar-refractivity contribution in [2.24, 2.45) is 0 Å². The number of halogens is 2. The molecule has 194 valence electrons. The molecule has 3 aromatic carbocycles. The molecule has 1 unspecified atom stereocenters. The van der Waals surface area contributed by atoms with Gasteiger partial charge in [0, 0.05) is 24.0 Å². The summed E-state index contributed by atoms with van der Waals surface area (Å²) in [7, 11) is 0. The Balaban J connectivity index is 1.63. The largest absolute Gasteiger partial charge is 0.482 e. The van der Waals surface area contributed by atoms with Gasteiger partial charge in [0.05, 0.1) is 5.02 Å². The molecule has 0 heterocycles. The first-order valence-electron chi connectivity index (χ1n) is 12.7. The maximum atomic E-state index is 13.7. The standard InChI is InChI=1S/C30H32Cl2N2O3/c1-21-9-5-6-12-23(21)19-34(29(35)20-37-28-16-15-24(31)18-26(28)32)27(17-22-10-3-2-4-11-22)30(36)33-25-13-7-8-14-25/h2-6,9-12,15-16,18,25,27H,7-8,13-14,17,19-20H2,1H3,(H,33,36). The molecule has 2 amide bonds. The first kappa shape index (κ1) is 27.0. The van der Waals surface area contributed by atoms with E-state index in [-0.39, 0.29) is 24.5 Å². The molecule has 5 nitrogen and oxygen atoms in total. The van der Waals surface area contributed by atoms with Crippen LogP contribution in [-0.2, 0) is 22.6 Å². The summed E-state index contributed by atoms with van der Waals surface area (Å²) in [5, 5.41) is 4.02. The van der Waals surface area contributed by atoms with E-state index in [2.05, 4.69) is 5.32 Å². The van der Waals surface area contributed by atoms with Crippen LogP contribution in [0.15, 0.2) is 72.8 Å². The minimum Gasteiger partial charge on any atom is -0.482 e. The van der Waals surface area contributed by atoms with E-state index in [1.54, 1.807) is 23.1 Å². The summed E-state index contributed by atoms with van der Waals surface area (Å²) in [5.41, 5.74) is 3.02. The fraction of sp³-hybridized carbons (Fsp3) is 0.333. The summed E-state index contributed by atoms with van der Waals surface area (Å²) in [6.45, 7) is 2.04. The fourth-order valence-corrected chi connectivity index (χ4v) is 5.17. The Morgan fingerprint density at radius 1 is 1.00 bits per heavy atom. The lowest BCUT2D eigenvalue weighted by molar-refractivity contribution is -0.143. The van der Waals surface area contributed by atoms with Crippen LogP contribution in [0.2, 0.25) is 10.0 Å². The molecule has 1 N–H and O–H groups in total. The zero-order chi connectivity index (χ0) is 26.2. The van der Waals surface area contributed by atoms with Crippen LogP contribution in [0.5, 0.6) is 5.75 Å². The number of carbonyl (C=O) groups excluding carboxylic acids is 2. The predicted molar refractivity (Wildman–Crippen MR) is 148 cm³/mol. The quantitative estimate of drug-likeness (QED) is 0.325. The minimum absolute atomic E-state index is 0.137. The second kappa shape index (κ2) is 13.0. The van der Waals surface area contributed by atoms with Gasteiger partial charge in [-0.2, -0.15) is 0 Å². The number of nitrogens with one attached hydrogen (secondary N) is 1. The Bertz CT molecular complexity index is 1210. The lowest BCUT2D eigenvalue weighted by atomic mass is 10.0. The summed E-state index contributed by atoms with van der Waals surface area (Å²) in [6, 6.07) is 22.0. The number of hydrogen-bond donors (Lipinski definition) is 1. The van der Waals surface area contributed by atoms with Gasteiger partial charge in [-0.15, -0.1) is 0 Å². The topological polar surface area (TPSA) is 58.6 Å². The van der Waals surface area contributed by atoms with Crippen LogP contribution in [0.25, 0.3) is 0 Å². The van der Waals surface area contributed by atoms with Crippen LogP contribution < -0.4 is 10.1 Å². The fourth-order valence-electron chi connectivity index (χ4n) is 4.71. The Labute approximate surface area is 228 Å². The van der Waals surface area contributed by atoms with E-state index in [9.17, 15) is 9.59 Å². The molecule has 0 bridgehead atoms. The molecule has 1 saturated carbocycles. The lowest BCUT2D eigenvalue weighted by Crippen LogP contribution is -2.53. The van der Waals surface area contributed by atoms with Crippen molar-refractivity contribution in [3.8, 4) is 5.75 Å². The van der Waals surface area contributed by atoms with E-state index in [0.29, 0.717) is 28.8 Å². The number of hydrogen-bond acceptors (Lipinski definition) is 3. The third kappa shape index (κ3) is 7.50. The molecule has 3 aromatic rings. The smallest absolute Gasteiger partial charge is 0.261 e. The summed E-state index contributed by atoms with van der Waals surface area (Å²) in [6.07, 6.45) is 4.55. The Kier molecular flexibility index (Phi) is 9.48. The van der Waals surface area contributed by atoms with Crippen LogP contribution in [-0.4, -0.2) is 35.4 Å². The van der Waals surface area contributed by atoms with Crippen LogP contribution in [0.3, 0.4) is 0 Å². The van der Waals surface area contributed by atoms with Gasteiger partial charge in [-0.25, -0.2) is 0 Å². The van der Waals surface area contributed by atoms with E-state index < -0.39 is 6.04 Å². The highest BCUT2D eigenvalue weighted by molar-refractivity contribution is 6.35. The van der Waals surface area contributed by atoms with Crippen LogP contribution in [0, 0.1) is 6.92 Å². The van der Waals surface area contributed by atoms with Gasteiger partial charge in [-0.05, 0) is 54.7 Å². The lowest BCUT2D eigenvalue weighted by Gasteiger charge is -2.32. The zero-order valence-corrected chi connectivity index (χ0v) is 22.5. The molecule has 4 rings (SSSR count). The molecule has 37 heavy (non-hydrogen) atoms. The van der Waals surface area contributed by atoms with Crippen molar-refractivity contribution in [1.29, 1.82) is 0 Å². The van der Waals surface area contributed by atoms with E-state index >= 15 is 0 Å². The second-order valence-electron chi connectivity index (χ2n) is 9.51. The molecule has 0 spiro atoms. The van der Waals surface area contributed by atoms with Gasteiger partial charge >= 0.3 is 0 Å². The SMILES string of the molecule is Cc1ccccc1CN(C(=O)COc1ccc(Cl)cc1Cl)C(Cc1ccccc1)C(=O)NC1CCCC1. The van der Waals surface area contributed by atoms with Gasteiger partial charge < -0.3 is 15.0 Å². The monoisotopic (exact) mass is 538 g/mol. The average Bonchev–Trinajstić information content (AvgIpc) is 3.40. The minimum atomic E-state index is -0.695. The van der Waals surface area contributed by atoms with Crippen molar-refractivity contribution in [2.75, 3.05) is 6.61 Å². The van der Waals surface area contributed by atoms with Crippen LogP contribution >= 0.6 is 23.2 Å². The first-order chi connectivity index (χ1) is 17.9. The normalized spacial score (nSPS) is 14.2. The second-order valence-corrected chi connectivity index (χ2v) is 10.4.